The number of rotatable bonds is 9. The monoisotopic (exact) mass is 425 g/mol. The van der Waals surface area contributed by atoms with Gasteiger partial charge in [-0.05, 0) is 29.7 Å². The van der Waals surface area contributed by atoms with Crippen molar-refractivity contribution in [1.82, 2.24) is 15.1 Å². The van der Waals surface area contributed by atoms with Crippen LogP contribution in [0, 0.1) is 0 Å². The van der Waals surface area contributed by atoms with Gasteiger partial charge < -0.3 is 19.7 Å². The quantitative estimate of drug-likeness (QED) is 0.623. The van der Waals surface area contributed by atoms with Crippen molar-refractivity contribution in [3.63, 3.8) is 0 Å². The smallest absolute Gasteiger partial charge is 0.324 e. The normalized spacial score (nSPS) is 15.6. The first-order chi connectivity index (χ1) is 14.9. The summed E-state index contributed by atoms with van der Waals surface area (Å²) in [5, 5.41) is 2.63. The summed E-state index contributed by atoms with van der Waals surface area (Å²) in [6.45, 7) is 0.655. The first-order valence-corrected chi connectivity index (χ1v) is 10.0. The van der Waals surface area contributed by atoms with E-state index in [0.29, 0.717) is 24.5 Å². The Bertz CT molecular complexity index is 947. The molecule has 3 rings (SSSR count). The fourth-order valence-corrected chi connectivity index (χ4v) is 3.48. The molecule has 0 aromatic heterocycles. The lowest BCUT2D eigenvalue weighted by Gasteiger charge is -2.19. The Morgan fingerprint density at radius 2 is 1.74 bits per heavy atom. The Hall–Kier alpha value is -3.55. The van der Waals surface area contributed by atoms with E-state index in [0.717, 1.165) is 16.0 Å². The lowest BCUT2D eigenvalue weighted by molar-refractivity contribution is -0.135. The summed E-state index contributed by atoms with van der Waals surface area (Å²) in [6.07, 6.45) is 0.398. The third-order valence-corrected chi connectivity index (χ3v) is 5.25. The molecular weight excluding hydrogens is 398 g/mol. The van der Waals surface area contributed by atoms with E-state index in [1.54, 1.807) is 32.2 Å². The molecule has 2 aromatic carbocycles. The molecule has 0 radical (unpaired) electrons. The van der Waals surface area contributed by atoms with Crippen LogP contribution in [0.25, 0.3) is 0 Å². The van der Waals surface area contributed by atoms with E-state index in [1.165, 1.54) is 0 Å². The number of ether oxygens (including phenoxy) is 2. The lowest BCUT2D eigenvalue weighted by atomic mass is 10.1. The molecule has 1 saturated heterocycles. The number of amides is 4. The zero-order valence-electron chi connectivity index (χ0n) is 18.0. The van der Waals surface area contributed by atoms with Crippen LogP contribution in [0.5, 0.6) is 11.5 Å². The molecule has 0 aliphatic carbocycles. The molecule has 8 nitrogen and oxygen atoms in total. The minimum absolute atomic E-state index is 0.0687. The van der Waals surface area contributed by atoms with Gasteiger partial charge in [0.2, 0.25) is 5.91 Å². The number of nitrogens with zero attached hydrogens (tertiary/aromatic N) is 2. The van der Waals surface area contributed by atoms with E-state index >= 15 is 0 Å². The highest BCUT2D eigenvalue weighted by atomic mass is 16.5. The van der Waals surface area contributed by atoms with Gasteiger partial charge in [-0.25, -0.2) is 4.79 Å². The maximum atomic E-state index is 12.7. The first kappa shape index (κ1) is 22.1. The maximum absolute atomic E-state index is 12.7. The van der Waals surface area contributed by atoms with Crippen molar-refractivity contribution in [2.45, 2.75) is 25.4 Å². The predicted octanol–water partition coefficient (Wildman–Crippen LogP) is 2.22. The summed E-state index contributed by atoms with van der Waals surface area (Å²) in [4.78, 5) is 40.3. The van der Waals surface area contributed by atoms with E-state index < -0.39 is 12.1 Å². The second kappa shape index (κ2) is 9.97. The predicted molar refractivity (Wildman–Crippen MR) is 115 cm³/mol. The molecule has 1 atom stereocenters. The van der Waals surface area contributed by atoms with Crippen LogP contribution in [0.4, 0.5) is 4.79 Å². The Balaban J connectivity index is 1.56. The number of imide groups is 1. The lowest BCUT2D eigenvalue weighted by Crippen LogP contribution is -2.37. The summed E-state index contributed by atoms with van der Waals surface area (Å²) in [5.74, 6) is 0.609. The van der Waals surface area contributed by atoms with Crippen LogP contribution >= 0.6 is 0 Å². The topological polar surface area (TPSA) is 88.2 Å². The molecule has 164 valence electrons. The van der Waals surface area contributed by atoms with Crippen molar-refractivity contribution in [3.8, 4) is 11.5 Å². The highest BCUT2D eigenvalue weighted by Crippen LogP contribution is 2.28. The van der Waals surface area contributed by atoms with Crippen molar-refractivity contribution in [2.75, 3.05) is 27.8 Å². The molecule has 1 fully saturated rings. The van der Waals surface area contributed by atoms with Gasteiger partial charge in [0, 0.05) is 20.1 Å². The van der Waals surface area contributed by atoms with Gasteiger partial charge in [-0.2, -0.15) is 0 Å². The number of urea groups is 1. The summed E-state index contributed by atoms with van der Waals surface area (Å²) in [7, 11) is 4.80. The molecular formula is C23H27N3O5. The zero-order valence-corrected chi connectivity index (χ0v) is 18.0. The van der Waals surface area contributed by atoms with Gasteiger partial charge in [0.05, 0.1) is 20.6 Å². The van der Waals surface area contributed by atoms with Crippen LogP contribution in [0.3, 0.4) is 0 Å². The average Bonchev–Trinajstić information content (AvgIpc) is 3.04. The Kier molecular flexibility index (Phi) is 7.12. The number of hydrogen-bond donors (Lipinski definition) is 1. The molecule has 0 bridgehead atoms. The third-order valence-electron chi connectivity index (χ3n) is 5.25. The van der Waals surface area contributed by atoms with Gasteiger partial charge in [0.25, 0.3) is 5.91 Å². The molecule has 1 aliphatic rings. The van der Waals surface area contributed by atoms with Crippen LogP contribution in [0.1, 0.15) is 17.5 Å². The average molecular weight is 425 g/mol. The first-order valence-electron chi connectivity index (χ1n) is 10.0. The second-order valence-electron chi connectivity index (χ2n) is 7.37. The van der Waals surface area contributed by atoms with Crippen LogP contribution in [0.15, 0.2) is 48.5 Å². The minimum atomic E-state index is -0.844. The van der Waals surface area contributed by atoms with Crippen molar-refractivity contribution in [1.29, 1.82) is 0 Å². The molecule has 1 N–H and O–H groups in total. The van der Waals surface area contributed by atoms with Crippen LogP contribution in [0.2, 0.25) is 0 Å². The third kappa shape index (κ3) is 5.33. The molecule has 1 heterocycles. The van der Waals surface area contributed by atoms with Gasteiger partial charge in [-0.1, -0.05) is 36.4 Å². The van der Waals surface area contributed by atoms with Crippen LogP contribution < -0.4 is 14.8 Å². The molecule has 31 heavy (non-hydrogen) atoms. The van der Waals surface area contributed by atoms with E-state index in [9.17, 15) is 14.4 Å². The fraction of sp³-hybridized carbons (Fsp3) is 0.348. The van der Waals surface area contributed by atoms with Gasteiger partial charge >= 0.3 is 6.03 Å². The summed E-state index contributed by atoms with van der Waals surface area (Å²) >= 11 is 0. The fourth-order valence-electron chi connectivity index (χ4n) is 3.48. The molecule has 8 heteroatoms. The molecule has 4 amide bonds. The SMILES string of the molecule is COc1ccc(CCN2C(=O)NC(CC(=O)N(C)Cc3ccccc3)C2=O)cc1OC. The number of benzene rings is 2. The summed E-state index contributed by atoms with van der Waals surface area (Å²) in [6, 6.07) is 13.7. The Morgan fingerprint density at radius 1 is 1.03 bits per heavy atom. The van der Waals surface area contributed by atoms with Crippen molar-refractivity contribution in [2.24, 2.45) is 0 Å². The number of carbonyl (C=O) groups excluding carboxylic acids is 3. The van der Waals surface area contributed by atoms with Gasteiger partial charge in [0.15, 0.2) is 11.5 Å². The second-order valence-corrected chi connectivity index (χ2v) is 7.37. The molecule has 1 aliphatic heterocycles. The summed E-state index contributed by atoms with van der Waals surface area (Å²) in [5.41, 5.74) is 1.90. The van der Waals surface area contributed by atoms with E-state index in [4.69, 9.17) is 9.47 Å². The maximum Gasteiger partial charge on any atom is 0.324 e. The van der Waals surface area contributed by atoms with Gasteiger partial charge in [-0.3, -0.25) is 14.5 Å². The molecule has 0 spiro atoms. The molecule has 1 unspecified atom stereocenters. The van der Waals surface area contributed by atoms with Gasteiger partial charge in [-0.15, -0.1) is 0 Å². The minimum Gasteiger partial charge on any atom is -0.493 e. The van der Waals surface area contributed by atoms with Crippen LogP contribution in [-0.2, 0) is 22.6 Å². The highest BCUT2D eigenvalue weighted by Gasteiger charge is 2.39. The zero-order chi connectivity index (χ0) is 22.4. The number of hydrogen-bond acceptors (Lipinski definition) is 5. The van der Waals surface area contributed by atoms with Crippen LogP contribution in [-0.4, -0.2) is 61.5 Å². The van der Waals surface area contributed by atoms with E-state index in [2.05, 4.69) is 5.32 Å². The largest absolute Gasteiger partial charge is 0.493 e. The number of methoxy groups -OCH3 is 2. The highest BCUT2D eigenvalue weighted by molar-refractivity contribution is 6.05. The van der Waals surface area contributed by atoms with Crippen molar-refractivity contribution >= 4 is 17.8 Å². The van der Waals surface area contributed by atoms with E-state index in [-0.39, 0.29) is 24.8 Å². The standard InChI is InChI=1S/C23H27N3O5/c1-25(15-17-7-5-4-6-8-17)21(27)14-18-22(28)26(23(29)24-18)12-11-16-9-10-19(30-2)20(13-16)31-3/h4-10,13,18H,11-12,14-15H2,1-3H3,(H,24,29). The van der Waals surface area contributed by atoms with Crippen molar-refractivity contribution in [3.05, 3.63) is 59.7 Å². The molecule has 2 aromatic rings. The number of nitrogens with one attached hydrogen (secondary N) is 1. The Morgan fingerprint density at radius 3 is 2.42 bits per heavy atom. The molecule has 0 saturated carbocycles. The van der Waals surface area contributed by atoms with E-state index in [1.807, 2.05) is 42.5 Å². The van der Waals surface area contributed by atoms with Gasteiger partial charge in [0.1, 0.15) is 6.04 Å². The summed E-state index contributed by atoms with van der Waals surface area (Å²) < 4.78 is 10.5. The Labute approximate surface area is 181 Å². The number of carbonyl (C=O) groups is 3. The van der Waals surface area contributed by atoms with Crippen molar-refractivity contribution < 1.29 is 23.9 Å².